The van der Waals surface area contributed by atoms with Crippen LogP contribution in [0.25, 0.3) is 10.9 Å². The Morgan fingerprint density at radius 1 is 1.32 bits per heavy atom. The van der Waals surface area contributed by atoms with Crippen LogP contribution in [0.15, 0.2) is 30.5 Å². The van der Waals surface area contributed by atoms with E-state index < -0.39 is 5.54 Å². The minimum Gasteiger partial charge on any atom is -0.361 e. The zero-order valence-corrected chi connectivity index (χ0v) is 18.8. The molecular weight excluding hydrogens is 390 g/mol. The fraction of sp³-hybridized carbons (Fsp3) is 0.565. The van der Waals surface area contributed by atoms with Crippen LogP contribution in [0.5, 0.6) is 0 Å². The molecule has 1 aromatic carbocycles. The SMILES string of the molecule is CC(=O)N1CCCC(NCCc2c[nH]c3ccccc23)(c2nnnn2CCC(C)C)C1. The molecule has 1 saturated heterocycles. The van der Waals surface area contributed by atoms with Gasteiger partial charge in [-0.05, 0) is 53.7 Å². The maximum atomic E-state index is 12.2. The molecule has 3 aromatic rings. The maximum Gasteiger partial charge on any atom is 0.219 e. The van der Waals surface area contributed by atoms with E-state index in [0.717, 1.165) is 56.7 Å². The Labute approximate surface area is 183 Å². The molecule has 1 aliphatic heterocycles. The zero-order chi connectivity index (χ0) is 21.8. The highest BCUT2D eigenvalue weighted by Crippen LogP contribution is 2.31. The summed E-state index contributed by atoms with van der Waals surface area (Å²) >= 11 is 0. The van der Waals surface area contributed by atoms with Gasteiger partial charge in [-0.1, -0.05) is 32.0 Å². The number of hydrogen-bond donors (Lipinski definition) is 2. The molecule has 1 aliphatic rings. The summed E-state index contributed by atoms with van der Waals surface area (Å²) in [5.74, 6) is 1.52. The first-order valence-corrected chi connectivity index (χ1v) is 11.3. The summed E-state index contributed by atoms with van der Waals surface area (Å²) in [5, 5.41) is 17.8. The van der Waals surface area contributed by atoms with Crippen molar-refractivity contribution in [3.8, 4) is 0 Å². The minimum absolute atomic E-state index is 0.101. The van der Waals surface area contributed by atoms with Gasteiger partial charge in [0.2, 0.25) is 5.91 Å². The average molecular weight is 424 g/mol. The van der Waals surface area contributed by atoms with Gasteiger partial charge in [-0.2, -0.15) is 0 Å². The van der Waals surface area contributed by atoms with Gasteiger partial charge in [0.25, 0.3) is 0 Å². The zero-order valence-electron chi connectivity index (χ0n) is 18.8. The molecule has 1 atom stereocenters. The highest BCUT2D eigenvalue weighted by Gasteiger charge is 2.42. The minimum atomic E-state index is -0.434. The van der Waals surface area contributed by atoms with Crippen LogP contribution < -0.4 is 5.32 Å². The third-order valence-electron chi connectivity index (χ3n) is 6.35. The number of hydrogen-bond acceptors (Lipinski definition) is 5. The standard InChI is InChI=1S/C23H33N7O/c1-17(2)10-14-30-22(26-27-28-30)23(11-6-13-29(16-23)18(3)31)25-12-9-19-15-24-21-8-5-4-7-20(19)21/h4-5,7-8,15,17,24-25H,6,9-14,16H2,1-3H3. The first-order valence-electron chi connectivity index (χ1n) is 11.3. The number of fused-ring (bicyclic) bond motifs is 1. The second kappa shape index (κ2) is 9.18. The van der Waals surface area contributed by atoms with Crippen LogP contribution in [0.1, 0.15) is 51.4 Å². The number of likely N-dealkylation sites (tertiary alicyclic amines) is 1. The molecule has 2 aromatic heterocycles. The lowest BCUT2D eigenvalue weighted by atomic mass is 9.87. The smallest absolute Gasteiger partial charge is 0.219 e. The second-order valence-corrected chi connectivity index (χ2v) is 9.07. The van der Waals surface area contributed by atoms with Crippen molar-refractivity contribution in [1.82, 2.24) is 35.4 Å². The molecule has 0 bridgehead atoms. The van der Waals surface area contributed by atoms with Crippen molar-refractivity contribution in [2.45, 2.75) is 58.5 Å². The molecule has 0 spiro atoms. The fourth-order valence-electron chi connectivity index (χ4n) is 4.58. The number of para-hydroxylation sites is 1. The molecule has 31 heavy (non-hydrogen) atoms. The summed E-state index contributed by atoms with van der Waals surface area (Å²) in [6.07, 6.45) is 5.83. The molecule has 166 valence electrons. The van der Waals surface area contributed by atoms with Crippen LogP contribution in [0, 0.1) is 5.92 Å². The van der Waals surface area contributed by atoms with E-state index in [0.29, 0.717) is 12.5 Å². The monoisotopic (exact) mass is 423 g/mol. The largest absolute Gasteiger partial charge is 0.361 e. The number of benzene rings is 1. The van der Waals surface area contributed by atoms with E-state index in [1.807, 2.05) is 15.6 Å². The molecule has 3 heterocycles. The fourth-order valence-corrected chi connectivity index (χ4v) is 4.58. The molecular formula is C23H33N7O. The number of H-pyrrole nitrogens is 1. The van der Waals surface area contributed by atoms with Crippen molar-refractivity contribution in [3.05, 3.63) is 41.9 Å². The molecule has 8 heteroatoms. The Morgan fingerprint density at radius 2 is 2.16 bits per heavy atom. The van der Waals surface area contributed by atoms with Gasteiger partial charge < -0.3 is 15.2 Å². The van der Waals surface area contributed by atoms with Crippen molar-refractivity contribution in [2.75, 3.05) is 19.6 Å². The Balaban J connectivity index is 1.56. The topological polar surface area (TPSA) is 91.7 Å². The van der Waals surface area contributed by atoms with Crippen molar-refractivity contribution in [3.63, 3.8) is 0 Å². The van der Waals surface area contributed by atoms with Crippen LogP contribution in [-0.4, -0.2) is 55.6 Å². The third kappa shape index (κ3) is 4.63. The van der Waals surface area contributed by atoms with Gasteiger partial charge in [0, 0.05) is 50.2 Å². The lowest BCUT2D eigenvalue weighted by Crippen LogP contribution is -2.57. The first kappa shape index (κ1) is 21.5. The predicted molar refractivity (Wildman–Crippen MR) is 120 cm³/mol. The Kier molecular flexibility index (Phi) is 6.36. The van der Waals surface area contributed by atoms with Gasteiger partial charge in [0.05, 0.1) is 5.54 Å². The van der Waals surface area contributed by atoms with E-state index in [2.05, 4.69) is 64.1 Å². The molecule has 1 fully saturated rings. The van der Waals surface area contributed by atoms with E-state index in [1.54, 1.807) is 6.92 Å². The van der Waals surface area contributed by atoms with Gasteiger partial charge in [0.15, 0.2) is 5.82 Å². The number of tetrazole rings is 1. The number of amides is 1. The number of carbonyl (C=O) groups excluding carboxylic acids is 1. The number of carbonyl (C=O) groups is 1. The van der Waals surface area contributed by atoms with Crippen LogP contribution in [0.4, 0.5) is 0 Å². The lowest BCUT2D eigenvalue weighted by molar-refractivity contribution is -0.131. The quantitative estimate of drug-likeness (QED) is 0.581. The van der Waals surface area contributed by atoms with Gasteiger partial charge in [-0.3, -0.25) is 4.79 Å². The second-order valence-electron chi connectivity index (χ2n) is 9.07. The molecule has 0 aliphatic carbocycles. The molecule has 1 amide bonds. The number of aromatic amines is 1. The molecule has 0 saturated carbocycles. The van der Waals surface area contributed by atoms with E-state index >= 15 is 0 Å². The van der Waals surface area contributed by atoms with Gasteiger partial charge >= 0.3 is 0 Å². The number of aryl methyl sites for hydroxylation is 1. The summed E-state index contributed by atoms with van der Waals surface area (Å²) in [6.45, 7) is 9.00. The summed E-state index contributed by atoms with van der Waals surface area (Å²) < 4.78 is 1.93. The van der Waals surface area contributed by atoms with Gasteiger partial charge in [-0.15, -0.1) is 5.10 Å². The predicted octanol–water partition coefficient (Wildman–Crippen LogP) is 2.87. The average Bonchev–Trinajstić information content (AvgIpc) is 3.40. The van der Waals surface area contributed by atoms with Crippen molar-refractivity contribution < 1.29 is 4.79 Å². The summed E-state index contributed by atoms with van der Waals surface area (Å²) in [7, 11) is 0. The van der Waals surface area contributed by atoms with E-state index in [9.17, 15) is 4.79 Å². The van der Waals surface area contributed by atoms with Crippen molar-refractivity contribution >= 4 is 16.8 Å². The summed E-state index contributed by atoms with van der Waals surface area (Å²) in [4.78, 5) is 17.5. The molecule has 1 unspecified atom stereocenters. The van der Waals surface area contributed by atoms with E-state index in [4.69, 9.17) is 0 Å². The number of rotatable bonds is 8. The van der Waals surface area contributed by atoms with Crippen LogP contribution in [-0.2, 0) is 23.3 Å². The van der Waals surface area contributed by atoms with Crippen molar-refractivity contribution in [2.24, 2.45) is 5.92 Å². The Bertz CT molecular complexity index is 1020. The highest BCUT2D eigenvalue weighted by atomic mass is 16.2. The normalized spacial score (nSPS) is 19.4. The highest BCUT2D eigenvalue weighted by molar-refractivity contribution is 5.83. The van der Waals surface area contributed by atoms with E-state index in [1.165, 1.54) is 10.9 Å². The third-order valence-corrected chi connectivity index (χ3v) is 6.35. The van der Waals surface area contributed by atoms with Crippen LogP contribution in [0.3, 0.4) is 0 Å². The summed E-state index contributed by atoms with van der Waals surface area (Å²) in [5.41, 5.74) is 2.01. The molecule has 2 N–H and O–H groups in total. The Morgan fingerprint density at radius 3 is 2.97 bits per heavy atom. The van der Waals surface area contributed by atoms with Crippen molar-refractivity contribution in [1.29, 1.82) is 0 Å². The number of nitrogens with one attached hydrogen (secondary N) is 2. The number of nitrogens with zero attached hydrogens (tertiary/aromatic N) is 5. The maximum absolute atomic E-state index is 12.2. The van der Waals surface area contributed by atoms with Crippen LogP contribution in [0.2, 0.25) is 0 Å². The van der Waals surface area contributed by atoms with Gasteiger partial charge in [0.1, 0.15) is 0 Å². The van der Waals surface area contributed by atoms with Gasteiger partial charge in [-0.25, -0.2) is 4.68 Å². The molecule has 0 radical (unpaired) electrons. The lowest BCUT2D eigenvalue weighted by Gasteiger charge is -2.42. The van der Waals surface area contributed by atoms with Crippen LogP contribution >= 0.6 is 0 Å². The number of piperidine rings is 1. The Hall–Kier alpha value is -2.74. The molecule has 8 nitrogen and oxygen atoms in total. The molecule has 4 rings (SSSR count). The number of aromatic nitrogens is 5. The summed E-state index contributed by atoms with van der Waals surface area (Å²) in [6, 6.07) is 8.37. The first-order chi connectivity index (χ1) is 15.0. The van der Waals surface area contributed by atoms with E-state index in [-0.39, 0.29) is 5.91 Å².